The minimum Gasteiger partial charge on any atom is -0.468 e. The third-order valence-electron chi connectivity index (χ3n) is 2.10. The number of carbonyl (C=O) groups is 2. The first-order valence-corrected chi connectivity index (χ1v) is 6.33. The lowest BCUT2D eigenvalue weighted by Gasteiger charge is -2.07. The lowest BCUT2D eigenvalue weighted by molar-refractivity contribution is -0.137. The maximum atomic E-state index is 11.6. The lowest BCUT2D eigenvalue weighted by Crippen LogP contribution is -2.08. The number of esters is 2. The van der Waals surface area contributed by atoms with Crippen LogP contribution in [0.3, 0.4) is 0 Å². The molecule has 0 saturated carbocycles. The molecule has 0 aromatic heterocycles. The molecule has 0 saturated heterocycles. The first kappa shape index (κ1) is 14.4. The summed E-state index contributed by atoms with van der Waals surface area (Å²) in [4.78, 5) is 23.4. The molecule has 0 aliphatic carbocycles. The largest absolute Gasteiger partial charge is 0.468 e. The van der Waals surface area contributed by atoms with Gasteiger partial charge in [0.25, 0.3) is 0 Å². The number of anilines is 1. The smallest absolute Gasteiger partial charge is 0.340 e. The molecule has 0 atom stereocenters. The van der Waals surface area contributed by atoms with Gasteiger partial charge in [0.05, 0.1) is 25.0 Å². The van der Waals surface area contributed by atoms with Crippen molar-refractivity contribution in [3.8, 4) is 0 Å². The summed E-state index contributed by atoms with van der Waals surface area (Å²) < 4.78 is 9.43. The van der Waals surface area contributed by atoms with Crippen molar-refractivity contribution >= 4 is 29.4 Å². The van der Waals surface area contributed by atoms with E-state index in [-0.39, 0.29) is 18.3 Å². The number of hydrogen-bond acceptors (Lipinski definition) is 6. The highest BCUT2D eigenvalue weighted by atomic mass is 32.2. The predicted octanol–water partition coefficient (Wildman–Crippen LogP) is 1.71. The van der Waals surface area contributed by atoms with Gasteiger partial charge in [-0.05, 0) is 25.1 Å². The zero-order chi connectivity index (χ0) is 13.5. The van der Waals surface area contributed by atoms with Crippen LogP contribution in [0.25, 0.3) is 0 Å². The molecular weight excluding hydrogens is 254 g/mol. The molecule has 1 rings (SSSR count). The fraction of sp³-hybridized carbons (Fsp3) is 0.333. The van der Waals surface area contributed by atoms with Crippen molar-refractivity contribution in [2.75, 3.05) is 25.2 Å². The summed E-state index contributed by atoms with van der Waals surface area (Å²) in [6.07, 6.45) is 0. The molecule has 0 bridgehead atoms. The molecule has 2 N–H and O–H groups in total. The van der Waals surface area contributed by atoms with Crippen LogP contribution in [0.2, 0.25) is 0 Å². The maximum Gasteiger partial charge on any atom is 0.340 e. The van der Waals surface area contributed by atoms with E-state index < -0.39 is 5.97 Å². The van der Waals surface area contributed by atoms with E-state index >= 15 is 0 Å². The Balaban J connectivity index is 2.80. The molecule has 5 nitrogen and oxygen atoms in total. The number of hydrogen-bond donors (Lipinski definition) is 1. The molecule has 0 fully saturated rings. The molecule has 0 radical (unpaired) electrons. The quantitative estimate of drug-likeness (QED) is 0.498. The molecule has 1 aromatic carbocycles. The third kappa shape index (κ3) is 3.96. The second kappa shape index (κ2) is 6.90. The van der Waals surface area contributed by atoms with Crippen molar-refractivity contribution in [2.24, 2.45) is 0 Å². The van der Waals surface area contributed by atoms with Gasteiger partial charge < -0.3 is 15.2 Å². The maximum absolute atomic E-state index is 11.6. The number of ether oxygens (including phenoxy) is 2. The van der Waals surface area contributed by atoms with Gasteiger partial charge in [-0.1, -0.05) is 0 Å². The fourth-order valence-corrected chi connectivity index (χ4v) is 1.98. The van der Waals surface area contributed by atoms with Crippen molar-refractivity contribution in [2.45, 2.75) is 11.8 Å². The summed E-state index contributed by atoms with van der Waals surface area (Å²) in [6, 6.07) is 4.97. The number of thioether (sulfide) groups is 1. The van der Waals surface area contributed by atoms with E-state index in [1.165, 1.54) is 18.9 Å². The van der Waals surface area contributed by atoms with Gasteiger partial charge in [0.15, 0.2) is 0 Å². The molecular formula is C12H15NO4S. The summed E-state index contributed by atoms with van der Waals surface area (Å²) in [5.74, 6) is -0.604. The highest BCUT2D eigenvalue weighted by Gasteiger charge is 2.12. The zero-order valence-electron chi connectivity index (χ0n) is 10.3. The number of rotatable bonds is 5. The Morgan fingerprint density at radius 1 is 1.39 bits per heavy atom. The van der Waals surface area contributed by atoms with E-state index in [4.69, 9.17) is 10.5 Å². The Morgan fingerprint density at radius 2 is 2.11 bits per heavy atom. The number of nitrogen functional groups attached to an aromatic ring is 1. The van der Waals surface area contributed by atoms with Crippen molar-refractivity contribution in [3.05, 3.63) is 23.8 Å². The van der Waals surface area contributed by atoms with E-state index in [2.05, 4.69) is 4.74 Å². The van der Waals surface area contributed by atoms with Crippen LogP contribution in [0.4, 0.5) is 5.69 Å². The molecule has 98 valence electrons. The predicted molar refractivity (Wildman–Crippen MR) is 69.6 cm³/mol. The van der Waals surface area contributed by atoms with E-state index in [0.717, 1.165) is 4.90 Å². The minimum absolute atomic E-state index is 0.183. The second-order valence-corrected chi connectivity index (χ2v) is 4.38. The fourth-order valence-electron chi connectivity index (χ4n) is 1.21. The molecule has 0 aliphatic heterocycles. The first-order valence-electron chi connectivity index (χ1n) is 5.34. The van der Waals surface area contributed by atoms with Crippen LogP contribution in [0.5, 0.6) is 0 Å². The monoisotopic (exact) mass is 269 g/mol. The standard InChI is InChI=1S/C12H15NO4S/c1-3-17-12(15)9-6-8(4-5-10(9)13)18-7-11(14)16-2/h4-6H,3,7,13H2,1-2H3. The van der Waals surface area contributed by atoms with Gasteiger partial charge in [0.2, 0.25) is 0 Å². The Hall–Kier alpha value is -1.69. The molecule has 0 spiro atoms. The number of methoxy groups -OCH3 is 1. The van der Waals surface area contributed by atoms with Crippen molar-refractivity contribution in [3.63, 3.8) is 0 Å². The first-order chi connectivity index (χ1) is 8.58. The summed E-state index contributed by atoms with van der Waals surface area (Å²) >= 11 is 1.27. The van der Waals surface area contributed by atoms with Crippen molar-refractivity contribution < 1.29 is 19.1 Å². The van der Waals surface area contributed by atoms with Crippen molar-refractivity contribution in [1.82, 2.24) is 0 Å². The summed E-state index contributed by atoms with van der Waals surface area (Å²) in [6.45, 7) is 2.02. The van der Waals surface area contributed by atoms with Gasteiger partial charge >= 0.3 is 11.9 Å². The average Bonchev–Trinajstić information content (AvgIpc) is 2.37. The van der Waals surface area contributed by atoms with Crippen LogP contribution in [-0.4, -0.2) is 31.4 Å². The van der Waals surface area contributed by atoms with E-state index in [1.807, 2.05) is 0 Å². The summed E-state index contributed by atoms with van der Waals surface area (Å²) in [5.41, 5.74) is 6.37. The SMILES string of the molecule is CCOC(=O)c1cc(SCC(=O)OC)ccc1N. The van der Waals surface area contributed by atoms with Gasteiger partial charge in [-0.25, -0.2) is 4.79 Å². The van der Waals surface area contributed by atoms with Crippen LogP contribution >= 0.6 is 11.8 Å². The zero-order valence-corrected chi connectivity index (χ0v) is 11.1. The molecule has 0 aliphatic rings. The highest BCUT2D eigenvalue weighted by molar-refractivity contribution is 8.00. The molecule has 6 heteroatoms. The normalized spacial score (nSPS) is 9.89. The van der Waals surface area contributed by atoms with Gasteiger partial charge in [-0.15, -0.1) is 11.8 Å². The minimum atomic E-state index is -0.462. The lowest BCUT2D eigenvalue weighted by atomic mass is 10.2. The number of nitrogens with two attached hydrogens (primary N) is 1. The Morgan fingerprint density at radius 3 is 2.72 bits per heavy atom. The van der Waals surface area contributed by atoms with E-state index in [9.17, 15) is 9.59 Å². The molecule has 1 aromatic rings. The van der Waals surface area contributed by atoms with Gasteiger partial charge in [-0.3, -0.25) is 4.79 Å². The number of benzene rings is 1. The molecule has 0 amide bonds. The van der Waals surface area contributed by atoms with Gasteiger partial charge in [0.1, 0.15) is 0 Å². The van der Waals surface area contributed by atoms with Crippen LogP contribution in [0.1, 0.15) is 17.3 Å². The highest BCUT2D eigenvalue weighted by Crippen LogP contribution is 2.23. The van der Waals surface area contributed by atoms with Crippen LogP contribution in [-0.2, 0) is 14.3 Å². The summed E-state index contributed by atoms with van der Waals surface area (Å²) in [5, 5.41) is 0. The Bertz CT molecular complexity index is 448. The van der Waals surface area contributed by atoms with Gasteiger partial charge in [0, 0.05) is 10.6 Å². The molecule has 0 heterocycles. The number of carbonyl (C=O) groups excluding carboxylic acids is 2. The van der Waals surface area contributed by atoms with Crippen molar-refractivity contribution in [1.29, 1.82) is 0 Å². The Kier molecular flexibility index (Phi) is 5.51. The Labute approximate surface area is 110 Å². The topological polar surface area (TPSA) is 78.6 Å². The van der Waals surface area contributed by atoms with E-state index in [0.29, 0.717) is 11.3 Å². The van der Waals surface area contributed by atoms with E-state index in [1.54, 1.807) is 25.1 Å². The second-order valence-electron chi connectivity index (χ2n) is 3.33. The van der Waals surface area contributed by atoms with Crippen LogP contribution in [0, 0.1) is 0 Å². The van der Waals surface area contributed by atoms with Gasteiger partial charge in [-0.2, -0.15) is 0 Å². The average molecular weight is 269 g/mol. The molecule has 18 heavy (non-hydrogen) atoms. The molecule has 0 unspecified atom stereocenters. The van der Waals surface area contributed by atoms with Crippen LogP contribution in [0.15, 0.2) is 23.1 Å². The summed E-state index contributed by atoms with van der Waals surface area (Å²) in [7, 11) is 1.33. The third-order valence-corrected chi connectivity index (χ3v) is 3.07. The van der Waals surface area contributed by atoms with Crippen LogP contribution < -0.4 is 5.73 Å².